The normalized spacial score (nSPS) is 13.8. The standard InChI is InChI=1S/C13H16O3S/c1-3-13(10-14,9-12(15)16-2)17-11-7-5-4-6-8-11/h4-8,10H,3,9H2,1-2H3. The van der Waals surface area contributed by atoms with Gasteiger partial charge in [0.05, 0.1) is 18.3 Å². The van der Waals surface area contributed by atoms with Gasteiger partial charge in [-0.25, -0.2) is 0 Å². The van der Waals surface area contributed by atoms with Crippen molar-refractivity contribution in [1.29, 1.82) is 0 Å². The van der Waals surface area contributed by atoms with Crippen LogP contribution in [0.2, 0.25) is 0 Å². The number of ether oxygens (including phenoxy) is 1. The molecule has 1 unspecified atom stereocenters. The summed E-state index contributed by atoms with van der Waals surface area (Å²) < 4.78 is 3.91. The summed E-state index contributed by atoms with van der Waals surface area (Å²) in [5.74, 6) is -0.359. The highest BCUT2D eigenvalue weighted by atomic mass is 32.2. The lowest BCUT2D eigenvalue weighted by Crippen LogP contribution is -2.29. The van der Waals surface area contributed by atoms with Crippen molar-refractivity contribution in [3.8, 4) is 0 Å². The molecule has 0 aliphatic heterocycles. The second kappa shape index (κ2) is 6.45. The zero-order valence-electron chi connectivity index (χ0n) is 10.0. The van der Waals surface area contributed by atoms with E-state index >= 15 is 0 Å². The van der Waals surface area contributed by atoms with E-state index in [9.17, 15) is 9.59 Å². The van der Waals surface area contributed by atoms with Crippen LogP contribution < -0.4 is 0 Å². The van der Waals surface area contributed by atoms with Crippen LogP contribution in [0.4, 0.5) is 0 Å². The van der Waals surface area contributed by atoms with Gasteiger partial charge < -0.3 is 9.53 Å². The van der Waals surface area contributed by atoms with E-state index in [2.05, 4.69) is 4.74 Å². The van der Waals surface area contributed by atoms with Gasteiger partial charge in [-0.3, -0.25) is 4.79 Å². The second-order valence-electron chi connectivity index (χ2n) is 3.70. The molecule has 3 nitrogen and oxygen atoms in total. The number of benzene rings is 1. The van der Waals surface area contributed by atoms with Crippen molar-refractivity contribution in [2.75, 3.05) is 7.11 Å². The third-order valence-electron chi connectivity index (χ3n) is 2.55. The number of hydrogen-bond donors (Lipinski definition) is 0. The van der Waals surface area contributed by atoms with Gasteiger partial charge in [-0.05, 0) is 18.6 Å². The van der Waals surface area contributed by atoms with Crippen LogP contribution >= 0.6 is 11.8 Å². The number of carbonyl (C=O) groups excluding carboxylic acids is 2. The Bertz CT molecular complexity index is 378. The molecule has 0 spiro atoms. The predicted molar refractivity (Wildman–Crippen MR) is 68.0 cm³/mol. The quantitative estimate of drug-likeness (QED) is 0.443. The number of thioether (sulfide) groups is 1. The van der Waals surface area contributed by atoms with Crippen molar-refractivity contribution in [3.05, 3.63) is 30.3 Å². The second-order valence-corrected chi connectivity index (χ2v) is 5.19. The molecule has 0 saturated heterocycles. The van der Waals surface area contributed by atoms with E-state index in [1.165, 1.54) is 18.9 Å². The molecule has 0 fully saturated rings. The maximum Gasteiger partial charge on any atom is 0.307 e. The van der Waals surface area contributed by atoms with Crippen LogP contribution in [0.25, 0.3) is 0 Å². The van der Waals surface area contributed by atoms with Crippen LogP contribution in [-0.2, 0) is 14.3 Å². The molecular weight excluding hydrogens is 236 g/mol. The van der Waals surface area contributed by atoms with E-state index < -0.39 is 4.75 Å². The maximum absolute atomic E-state index is 11.3. The summed E-state index contributed by atoms with van der Waals surface area (Å²) in [6.45, 7) is 1.90. The Kier molecular flexibility index (Phi) is 5.22. The highest BCUT2D eigenvalue weighted by molar-refractivity contribution is 8.01. The average molecular weight is 252 g/mol. The third kappa shape index (κ3) is 3.89. The SMILES string of the molecule is CCC(C=O)(CC(=O)OC)Sc1ccccc1. The molecule has 1 rings (SSSR count). The Morgan fingerprint density at radius 3 is 2.53 bits per heavy atom. The Morgan fingerprint density at radius 2 is 2.06 bits per heavy atom. The van der Waals surface area contributed by atoms with Gasteiger partial charge in [0.15, 0.2) is 0 Å². The number of esters is 1. The topological polar surface area (TPSA) is 43.4 Å². The van der Waals surface area contributed by atoms with Crippen LogP contribution in [0.15, 0.2) is 35.2 Å². The predicted octanol–water partition coefficient (Wildman–Crippen LogP) is 2.69. The minimum absolute atomic E-state index is 0.100. The first kappa shape index (κ1) is 13.8. The summed E-state index contributed by atoms with van der Waals surface area (Å²) in [5.41, 5.74) is 0. The molecule has 4 heteroatoms. The van der Waals surface area contributed by atoms with E-state index in [-0.39, 0.29) is 12.4 Å². The van der Waals surface area contributed by atoms with Gasteiger partial charge in [-0.15, -0.1) is 11.8 Å². The van der Waals surface area contributed by atoms with E-state index in [4.69, 9.17) is 0 Å². The van der Waals surface area contributed by atoms with E-state index in [0.29, 0.717) is 6.42 Å². The zero-order chi connectivity index (χ0) is 12.7. The molecule has 0 N–H and O–H groups in total. The molecule has 0 amide bonds. The molecule has 1 aromatic carbocycles. The van der Waals surface area contributed by atoms with Crippen molar-refractivity contribution in [3.63, 3.8) is 0 Å². The summed E-state index contributed by atoms with van der Waals surface area (Å²) >= 11 is 1.41. The summed E-state index contributed by atoms with van der Waals surface area (Å²) in [4.78, 5) is 23.6. The zero-order valence-corrected chi connectivity index (χ0v) is 10.8. The van der Waals surface area contributed by atoms with Crippen LogP contribution in [0, 0.1) is 0 Å². The molecule has 0 aromatic heterocycles. The molecule has 17 heavy (non-hydrogen) atoms. The van der Waals surface area contributed by atoms with Crippen LogP contribution in [0.3, 0.4) is 0 Å². The highest BCUT2D eigenvalue weighted by Crippen LogP contribution is 2.36. The summed E-state index contributed by atoms with van der Waals surface area (Å²) in [7, 11) is 1.33. The molecule has 0 heterocycles. The Labute approximate surface area is 106 Å². The van der Waals surface area contributed by atoms with Gasteiger partial charge in [0.25, 0.3) is 0 Å². The fraction of sp³-hybridized carbons (Fsp3) is 0.385. The van der Waals surface area contributed by atoms with Gasteiger partial charge >= 0.3 is 5.97 Å². The molecule has 0 aliphatic rings. The first-order valence-electron chi connectivity index (χ1n) is 5.43. The number of methoxy groups -OCH3 is 1. The van der Waals surface area contributed by atoms with E-state index in [1.54, 1.807) is 0 Å². The Hall–Kier alpha value is -1.29. The Morgan fingerprint density at radius 1 is 1.41 bits per heavy atom. The minimum Gasteiger partial charge on any atom is -0.469 e. The molecule has 0 radical (unpaired) electrons. The molecule has 0 aliphatic carbocycles. The van der Waals surface area contributed by atoms with Crippen molar-refractivity contribution in [2.24, 2.45) is 0 Å². The lowest BCUT2D eigenvalue weighted by atomic mass is 10.0. The average Bonchev–Trinajstić information content (AvgIpc) is 2.39. The fourth-order valence-electron chi connectivity index (χ4n) is 1.42. The largest absolute Gasteiger partial charge is 0.469 e. The third-order valence-corrected chi connectivity index (χ3v) is 3.99. The monoisotopic (exact) mass is 252 g/mol. The molecule has 1 aromatic rings. The first-order chi connectivity index (χ1) is 8.15. The molecular formula is C13H16O3S. The van der Waals surface area contributed by atoms with Gasteiger partial charge in [-0.2, -0.15) is 0 Å². The van der Waals surface area contributed by atoms with Crippen molar-refractivity contribution >= 4 is 24.0 Å². The van der Waals surface area contributed by atoms with Crippen molar-refractivity contribution < 1.29 is 14.3 Å². The molecule has 1 atom stereocenters. The number of rotatable bonds is 6. The van der Waals surface area contributed by atoms with Gasteiger partial charge in [-0.1, -0.05) is 25.1 Å². The van der Waals surface area contributed by atoms with Gasteiger partial charge in [0, 0.05) is 4.90 Å². The lowest BCUT2D eigenvalue weighted by molar-refractivity contribution is -0.142. The number of carbonyl (C=O) groups is 2. The van der Waals surface area contributed by atoms with Gasteiger partial charge in [0.1, 0.15) is 6.29 Å². The van der Waals surface area contributed by atoms with Crippen molar-refractivity contribution in [1.82, 2.24) is 0 Å². The first-order valence-corrected chi connectivity index (χ1v) is 6.24. The minimum atomic E-state index is -0.728. The molecule has 0 bridgehead atoms. The van der Waals surface area contributed by atoms with Crippen LogP contribution in [0.5, 0.6) is 0 Å². The summed E-state index contributed by atoms with van der Waals surface area (Å²) in [6, 6.07) is 9.59. The summed E-state index contributed by atoms with van der Waals surface area (Å²) in [6.07, 6.45) is 1.54. The van der Waals surface area contributed by atoms with Crippen molar-refractivity contribution in [2.45, 2.75) is 29.4 Å². The van der Waals surface area contributed by atoms with E-state index in [1.807, 2.05) is 37.3 Å². The van der Waals surface area contributed by atoms with E-state index in [0.717, 1.165) is 11.2 Å². The number of hydrogen-bond acceptors (Lipinski definition) is 4. The fourth-order valence-corrected chi connectivity index (χ4v) is 2.57. The number of aldehydes is 1. The Balaban J connectivity index is 2.84. The molecule has 0 saturated carbocycles. The molecule has 92 valence electrons. The van der Waals surface area contributed by atoms with Crippen LogP contribution in [0.1, 0.15) is 19.8 Å². The highest BCUT2D eigenvalue weighted by Gasteiger charge is 2.32. The maximum atomic E-state index is 11.3. The summed E-state index contributed by atoms with van der Waals surface area (Å²) in [5, 5.41) is 0. The smallest absolute Gasteiger partial charge is 0.307 e. The van der Waals surface area contributed by atoms with Gasteiger partial charge in [0.2, 0.25) is 0 Å². The lowest BCUT2D eigenvalue weighted by Gasteiger charge is -2.24. The van der Waals surface area contributed by atoms with Crippen LogP contribution in [-0.4, -0.2) is 24.1 Å².